The maximum absolute atomic E-state index is 12.9. The molecule has 0 N–H and O–H groups in total. The van der Waals surface area contributed by atoms with Crippen molar-refractivity contribution in [2.45, 2.75) is 11.8 Å². The molecule has 0 unspecified atom stereocenters. The number of anilines is 1. The SMILES string of the molecule is C=CC1=CCN(S(=O)(=O)c2ccc(C)cc2)c2ccccc21. The van der Waals surface area contributed by atoms with Crippen molar-refractivity contribution in [2.24, 2.45) is 0 Å². The largest absolute Gasteiger partial charge is 0.264 e. The van der Waals surface area contributed by atoms with E-state index in [1.165, 1.54) is 4.31 Å². The van der Waals surface area contributed by atoms with Crippen molar-refractivity contribution in [1.29, 1.82) is 0 Å². The fourth-order valence-corrected chi connectivity index (χ4v) is 4.01. The average Bonchev–Trinajstić information content (AvgIpc) is 2.54. The van der Waals surface area contributed by atoms with Gasteiger partial charge in [0.05, 0.1) is 17.1 Å². The third kappa shape index (κ3) is 2.35. The van der Waals surface area contributed by atoms with Gasteiger partial charge in [0.2, 0.25) is 0 Å². The number of allylic oxidation sites excluding steroid dienone is 2. The number of hydrogen-bond donors (Lipinski definition) is 0. The van der Waals surface area contributed by atoms with Crippen LogP contribution in [-0.4, -0.2) is 15.0 Å². The molecular weight excluding hydrogens is 294 g/mol. The Hall–Kier alpha value is -2.33. The van der Waals surface area contributed by atoms with Crippen molar-refractivity contribution in [1.82, 2.24) is 0 Å². The predicted molar refractivity (Wildman–Crippen MR) is 90.3 cm³/mol. The maximum Gasteiger partial charge on any atom is 0.264 e. The summed E-state index contributed by atoms with van der Waals surface area (Å²) in [6.45, 7) is 6.05. The smallest absolute Gasteiger partial charge is 0.262 e. The second-order valence-electron chi connectivity index (χ2n) is 5.23. The van der Waals surface area contributed by atoms with E-state index in [1.807, 2.05) is 49.4 Å². The summed E-state index contributed by atoms with van der Waals surface area (Å²) in [6.07, 6.45) is 3.65. The van der Waals surface area contributed by atoms with Gasteiger partial charge in [0.15, 0.2) is 0 Å². The van der Waals surface area contributed by atoms with Crippen molar-refractivity contribution in [3.8, 4) is 0 Å². The van der Waals surface area contributed by atoms with Crippen LogP contribution in [-0.2, 0) is 10.0 Å². The van der Waals surface area contributed by atoms with Crippen LogP contribution < -0.4 is 4.31 Å². The Balaban J connectivity index is 2.11. The van der Waals surface area contributed by atoms with Crippen molar-refractivity contribution >= 4 is 21.3 Å². The minimum atomic E-state index is -3.57. The average molecular weight is 311 g/mol. The summed E-state index contributed by atoms with van der Waals surface area (Å²) in [5.41, 5.74) is 3.58. The summed E-state index contributed by atoms with van der Waals surface area (Å²) in [4.78, 5) is 0.309. The Kier molecular flexibility index (Phi) is 3.62. The molecule has 0 fully saturated rings. The van der Waals surface area contributed by atoms with Crippen molar-refractivity contribution in [3.05, 3.63) is 78.4 Å². The zero-order valence-electron chi connectivity index (χ0n) is 12.4. The minimum Gasteiger partial charge on any atom is -0.262 e. The van der Waals surface area contributed by atoms with Gasteiger partial charge in [-0.2, -0.15) is 0 Å². The zero-order chi connectivity index (χ0) is 15.7. The molecule has 1 heterocycles. The lowest BCUT2D eigenvalue weighted by Gasteiger charge is -2.29. The molecule has 3 nitrogen and oxygen atoms in total. The first-order valence-corrected chi connectivity index (χ1v) is 8.49. The van der Waals surface area contributed by atoms with Gasteiger partial charge in [0.1, 0.15) is 0 Å². The van der Waals surface area contributed by atoms with Crippen molar-refractivity contribution in [2.75, 3.05) is 10.8 Å². The molecule has 1 aliphatic heterocycles. The number of benzene rings is 2. The van der Waals surface area contributed by atoms with E-state index in [-0.39, 0.29) is 0 Å². The fourth-order valence-electron chi connectivity index (χ4n) is 2.58. The fraction of sp³-hybridized carbons (Fsp3) is 0.111. The van der Waals surface area contributed by atoms with Gasteiger partial charge in [0, 0.05) is 5.56 Å². The van der Waals surface area contributed by atoms with Crippen LogP contribution in [0, 0.1) is 6.92 Å². The van der Waals surface area contributed by atoms with Crippen LogP contribution in [0.2, 0.25) is 0 Å². The van der Waals surface area contributed by atoms with E-state index < -0.39 is 10.0 Å². The van der Waals surface area contributed by atoms with Gasteiger partial charge in [-0.15, -0.1) is 0 Å². The molecule has 0 atom stereocenters. The Morgan fingerprint density at radius 1 is 1.09 bits per heavy atom. The molecule has 1 aliphatic rings. The molecule has 0 amide bonds. The van der Waals surface area contributed by atoms with Gasteiger partial charge < -0.3 is 0 Å². The first-order valence-electron chi connectivity index (χ1n) is 7.05. The summed E-state index contributed by atoms with van der Waals surface area (Å²) in [5, 5.41) is 0. The Labute approximate surface area is 131 Å². The monoisotopic (exact) mass is 311 g/mol. The highest BCUT2D eigenvalue weighted by Crippen LogP contribution is 2.35. The lowest BCUT2D eigenvalue weighted by Crippen LogP contribution is -2.33. The molecule has 0 saturated heterocycles. The molecule has 0 aliphatic carbocycles. The Morgan fingerprint density at radius 3 is 2.45 bits per heavy atom. The van der Waals surface area contributed by atoms with E-state index in [2.05, 4.69) is 6.58 Å². The number of para-hydroxylation sites is 1. The highest BCUT2D eigenvalue weighted by molar-refractivity contribution is 7.92. The topological polar surface area (TPSA) is 37.4 Å². The standard InChI is InChI=1S/C18H17NO2S/c1-3-15-12-13-19(18-7-5-4-6-17(15)18)22(20,21)16-10-8-14(2)9-11-16/h3-12H,1,13H2,2H3. The number of aryl methyl sites for hydroxylation is 1. The van der Waals surface area contributed by atoms with Crippen molar-refractivity contribution < 1.29 is 8.42 Å². The second kappa shape index (κ2) is 5.46. The van der Waals surface area contributed by atoms with Crippen LogP contribution in [0.3, 0.4) is 0 Å². The molecular formula is C18H17NO2S. The van der Waals surface area contributed by atoms with E-state index in [4.69, 9.17) is 0 Å². The summed E-state index contributed by atoms with van der Waals surface area (Å²) in [6, 6.07) is 14.4. The Bertz CT molecular complexity index is 849. The molecule has 0 bridgehead atoms. The molecule has 0 aromatic heterocycles. The third-order valence-electron chi connectivity index (χ3n) is 3.79. The molecule has 2 aromatic carbocycles. The van der Waals surface area contributed by atoms with Crippen molar-refractivity contribution in [3.63, 3.8) is 0 Å². The molecule has 0 radical (unpaired) electrons. The number of nitrogens with zero attached hydrogens (tertiary/aromatic N) is 1. The number of hydrogen-bond acceptors (Lipinski definition) is 2. The van der Waals surface area contributed by atoms with E-state index in [0.717, 1.165) is 16.7 Å². The number of fused-ring (bicyclic) bond motifs is 1. The Morgan fingerprint density at radius 2 is 1.77 bits per heavy atom. The van der Waals surface area contributed by atoms with Gasteiger partial charge in [-0.3, -0.25) is 4.31 Å². The van der Waals surface area contributed by atoms with E-state index in [0.29, 0.717) is 17.1 Å². The number of sulfonamides is 1. The van der Waals surface area contributed by atoms with Gasteiger partial charge in [-0.05, 0) is 30.7 Å². The molecule has 0 saturated carbocycles. The molecule has 2 aromatic rings. The normalized spacial score (nSPS) is 14.2. The first kappa shape index (κ1) is 14.6. The van der Waals surface area contributed by atoms with Crippen LogP contribution in [0.1, 0.15) is 11.1 Å². The summed E-state index contributed by atoms with van der Waals surface area (Å²) < 4.78 is 27.3. The molecule has 22 heavy (non-hydrogen) atoms. The van der Waals surface area contributed by atoms with Gasteiger partial charge in [0.25, 0.3) is 10.0 Å². The lowest BCUT2D eigenvalue weighted by molar-refractivity contribution is 0.592. The van der Waals surface area contributed by atoms with Gasteiger partial charge in [-0.1, -0.05) is 54.6 Å². The molecule has 112 valence electrons. The molecule has 4 heteroatoms. The first-order chi connectivity index (χ1) is 10.5. The summed E-state index contributed by atoms with van der Waals surface area (Å²) in [5.74, 6) is 0. The van der Waals surface area contributed by atoms with Gasteiger partial charge >= 0.3 is 0 Å². The van der Waals surface area contributed by atoms with Crippen LogP contribution >= 0.6 is 0 Å². The van der Waals surface area contributed by atoms with Crippen LogP contribution in [0.4, 0.5) is 5.69 Å². The summed E-state index contributed by atoms with van der Waals surface area (Å²) >= 11 is 0. The predicted octanol–water partition coefficient (Wildman–Crippen LogP) is 3.77. The summed E-state index contributed by atoms with van der Waals surface area (Å²) in [7, 11) is -3.57. The van der Waals surface area contributed by atoms with E-state index >= 15 is 0 Å². The third-order valence-corrected chi connectivity index (χ3v) is 5.58. The quantitative estimate of drug-likeness (QED) is 0.865. The van der Waals surface area contributed by atoms with Crippen LogP contribution in [0.5, 0.6) is 0 Å². The highest BCUT2D eigenvalue weighted by atomic mass is 32.2. The zero-order valence-corrected chi connectivity index (χ0v) is 13.2. The minimum absolute atomic E-state index is 0.309. The lowest BCUT2D eigenvalue weighted by atomic mass is 10.0. The van der Waals surface area contributed by atoms with E-state index in [1.54, 1.807) is 18.2 Å². The second-order valence-corrected chi connectivity index (χ2v) is 7.09. The highest BCUT2D eigenvalue weighted by Gasteiger charge is 2.28. The number of rotatable bonds is 3. The molecule has 0 spiro atoms. The molecule has 3 rings (SSSR count). The van der Waals surface area contributed by atoms with Gasteiger partial charge in [-0.25, -0.2) is 8.42 Å². The van der Waals surface area contributed by atoms with Crippen LogP contribution in [0.15, 0.2) is 72.2 Å². The van der Waals surface area contributed by atoms with Crippen LogP contribution in [0.25, 0.3) is 5.57 Å². The maximum atomic E-state index is 12.9. The van der Waals surface area contributed by atoms with E-state index in [9.17, 15) is 8.42 Å².